The standard InChI is InChI=1S/C13H17N3O/c1-3-10-7-5-6-8-11(10)13-16-15-12(17-13)9-14-4-2/h5-8,14H,3-4,9H2,1-2H3. The molecule has 0 atom stereocenters. The summed E-state index contributed by atoms with van der Waals surface area (Å²) in [5.74, 6) is 1.24. The van der Waals surface area contributed by atoms with Gasteiger partial charge in [0.1, 0.15) is 0 Å². The highest BCUT2D eigenvalue weighted by molar-refractivity contribution is 5.58. The van der Waals surface area contributed by atoms with Crippen LogP contribution < -0.4 is 5.32 Å². The Kier molecular flexibility index (Phi) is 3.88. The molecule has 0 radical (unpaired) electrons. The van der Waals surface area contributed by atoms with E-state index < -0.39 is 0 Å². The maximum atomic E-state index is 5.63. The lowest BCUT2D eigenvalue weighted by molar-refractivity contribution is 0.482. The minimum Gasteiger partial charge on any atom is -0.419 e. The van der Waals surface area contributed by atoms with E-state index in [9.17, 15) is 0 Å². The van der Waals surface area contributed by atoms with Crippen molar-refractivity contribution in [3.63, 3.8) is 0 Å². The maximum absolute atomic E-state index is 5.63. The first kappa shape index (κ1) is 11.8. The molecule has 2 rings (SSSR count). The van der Waals surface area contributed by atoms with Crippen LogP contribution in [0.4, 0.5) is 0 Å². The molecule has 0 aliphatic heterocycles. The SMILES string of the molecule is CCNCc1nnc(-c2ccccc2CC)o1. The molecule has 1 heterocycles. The van der Waals surface area contributed by atoms with Crippen molar-refractivity contribution in [2.24, 2.45) is 0 Å². The Morgan fingerprint density at radius 3 is 2.76 bits per heavy atom. The van der Waals surface area contributed by atoms with Crippen molar-refractivity contribution in [2.45, 2.75) is 26.8 Å². The molecule has 0 unspecified atom stereocenters. The monoisotopic (exact) mass is 231 g/mol. The molecule has 0 aliphatic carbocycles. The molecule has 0 bridgehead atoms. The molecule has 4 nitrogen and oxygen atoms in total. The molecule has 0 fully saturated rings. The average molecular weight is 231 g/mol. The summed E-state index contributed by atoms with van der Waals surface area (Å²) in [7, 11) is 0. The van der Waals surface area contributed by atoms with Crippen molar-refractivity contribution in [3.05, 3.63) is 35.7 Å². The number of nitrogens with one attached hydrogen (secondary N) is 1. The second kappa shape index (κ2) is 5.59. The van der Waals surface area contributed by atoms with E-state index in [0.717, 1.165) is 18.5 Å². The summed E-state index contributed by atoms with van der Waals surface area (Å²) in [6.07, 6.45) is 0.959. The Morgan fingerprint density at radius 1 is 1.18 bits per heavy atom. The molecule has 0 saturated carbocycles. The van der Waals surface area contributed by atoms with Gasteiger partial charge in [0.25, 0.3) is 0 Å². The van der Waals surface area contributed by atoms with Gasteiger partial charge in [-0.3, -0.25) is 0 Å². The number of hydrogen-bond donors (Lipinski definition) is 1. The van der Waals surface area contributed by atoms with Gasteiger partial charge in [-0.05, 0) is 24.6 Å². The highest BCUT2D eigenvalue weighted by Gasteiger charge is 2.10. The number of hydrogen-bond acceptors (Lipinski definition) is 4. The van der Waals surface area contributed by atoms with E-state index in [4.69, 9.17) is 4.42 Å². The smallest absolute Gasteiger partial charge is 0.248 e. The minimum absolute atomic E-state index is 0.607. The van der Waals surface area contributed by atoms with Crippen molar-refractivity contribution < 1.29 is 4.42 Å². The Balaban J connectivity index is 2.24. The molecule has 1 N–H and O–H groups in total. The summed E-state index contributed by atoms with van der Waals surface area (Å²) in [4.78, 5) is 0. The first-order valence-corrected chi connectivity index (χ1v) is 5.96. The lowest BCUT2D eigenvalue weighted by Gasteiger charge is -2.02. The number of aryl methyl sites for hydroxylation is 1. The van der Waals surface area contributed by atoms with Gasteiger partial charge >= 0.3 is 0 Å². The van der Waals surface area contributed by atoms with E-state index in [2.05, 4.69) is 28.5 Å². The van der Waals surface area contributed by atoms with Crippen LogP contribution in [-0.2, 0) is 13.0 Å². The molecule has 0 spiro atoms. The molecular weight excluding hydrogens is 214 g/mol. The van der Waals surface area contributed by atoms with Gasteiger partial charge in [0, 0.05) is 5.56 Å². The molecular formula is C13H17N3O. The van der Waals surface area contributed by atoms with Gasteiger partial charge in [-0.1, -0.05) is 32.0 Å². The van der Waals surface area contributed by atoms with Crippen LogP contribution in [0.3, 0.4) is 0 Å². The fourth-order valence-electron chi connectivity index (χ4n) is 1.70. The van der Waals surface area contributed by atoms with Crippen LogP contribution in [-0.4, -0.2) is 16.7 Å². The van der Waals surface area contributed by atoms with Crippen LogP contribution in [0.5, 0.6) is 0 Å². The number of rotatable bonds is 5. The van der Waals surface area contributed by atoms with Crippen LogP contribution in [0.15, 0.2) is 28.7 Å². The average Bonchev–Trinajstić information content (AvgIpc) is 2.85. The molecule has 1 aromatic heterocycles. The van der Waals surface area contributed by atoms with Crippen LogP contribution in [0.25, 0.3) is 11.5 Å². The zero-order chi connectivity index (χ0) is 12.1. The first-order valence-electron chi connectivity index (χ1n) is 5.96. The maximum Gasteiger partial charge on any atom is 0.248 e. The Hall–Kier alpha value is -1.68. The molecule has 17 heavy (non-hydrogen) atoms. The quantitative estimate of drug-likeness (QED) is 0.858. The second-order valence-electron chi connectivity index (χ2n) is 3.79. The van der Waals surface area contributed by atoms with E-state index >= 15 is 0 Å². The van der Waals surface area contributed by atoms with Gasteiger partial charge < -0.3 is 9.73 Å². The predicted octanol–water partition coefficient (Wildman–Crippen LogP) is 2.41. The van der Waals surface area contributed by atoms with Gasteiger partial charge in [-0.2, -0.15) is 0 Å². The molecule has 0 amide bonds. The van der Waals surface area contributed by atoms with Crippen molar-refractivity contribution >= 4 is 0 Å². The van der Waals surface area contributed by atoms with Crippen molar-refractivity contribution in [1.82, 2.24) is 15.5 Å². The summed E-state index contributed by atoms with van der Waals surface area (Å²) in [5, 5.41) is 11.3. The second-order valence-corrected chi connectivity index (χ2v) is 3.79. The van der Waals surface area contributed by atoms with E-state index in [1.165, 1.54) is 5.56 Å². The first-order chi connectivity index (χ1) is 8.35. The zero-order valence-electron chi connectivity index (χ0n) is 10.2. The van der Waals surface area contributed by atoms with Gasteiger partial charge in [-0.15, -0.1) is 10.2 Å². The largest absolute Gasteiger partial charge is 0.419 e. The van der Waals surface area contributed by atoms with Crippen LogP contribution in [0.2, 0.25) is 0 Å². The van der Waals surface area contributed by atoms with Crippen molar-refractivity contribution in [2.75, 3.05) is 6.54 Å². The summed E-state index contributed by atoms with van der Waals surface area (Å²) < 4.78 is 5.63. The lowest BCUT2D eigenvalue weighted by Crippen LogP contribution is -2.11. The highest BCUT2D eigenvalue weighted by atomic mass is 16.4. The molecule has 4 heteroatoms. The predicted molar refractivity (Wildman–Crippen MR) is 66.5 cm³/mol. The van der Waals surface area contributed by atoms with Gasteiger partial charge in [-0.25, -0.2) is 0 Å². The molecule has 0 saturated heterocycles. The molecule has 1 aromatic carbocycles. The normalized spacial score (nSPS) is 10.7. The molecule has 2 aromatic rings. The fourth-order valence-corrected chi connectivity index (χ4v) is 1.70. The highest BCUT2D eigenvalue weighted by Crippen LogP contribution is 2.22. The van der Waals surface area contributed by atoms with E-state index in [1.54, 1.807) is 0 Å². The third-order valence-electron chi connectivity index (χ3n) is 2.62. The van der Waals surface area contributed by atoms with Crippen LogP contribution in [0.1, 0.15) is 25.3 Å². The molecule has 90 valence electrons. The minimum atomic E-state index is 0.607. The molecule has 0 aliphatic rings. The number of benzene rings is 1. The summed E-state index contributed by atoms with van der Waals surface area (Å²) in [6.45, 7) is 5.68. The Morgan fingerprint density at radius 2 is 2.00 bits per heavy atom. The van der Waals surface area contributed by atoms with Crippen LogP contribution in [0, 0.1) is 0 Å². The van der Waals surface area contributed by atoms with E-state index in [-0.39, 0.29) is 0 Å². The Bertz CT molecular complexity index is 479. The summed E-state index contributed by atoms with van der Waals surface area (Å²) in [6, 6.07) is 8.12. The third kappa shape index (κ3) is 2.71. The Labute approximate surface area is 101 Å². The zero-order valence-corrected chi connectivity index (χ0v) is 10.2. The summed E-state index contributed by atoms with van der Waals surface area (Å²) in [5.41, 5.74) is 2.26. The van der Waals surface area contributed by atoms with E-state index in [0.29, 0.717) is 18.3 Å². The van der Waals surface area contributed by atoms with Gasteiger partial charge in [0.2, 0.25) is 11.8 Å². The van der Waals surface area contributed by atoms with Gasteiger partial charge in [0.15, 0.2) is 0 Å². The fraction of sp³-hybridized carbons (Fsp3) is 0.385. The topological polar surface area (TPSA) is 51.0 Å². The lowest BCUT2D eigenvalue weighted by atomic mass is 10.1. The number of nitrogens with zero attached hydrogens (tertiary/aromatic N) is 2. The number of aromatic nitrogens is 2. The summed E-state index contributed by atoms with van der Waals surface area (Å²) >= 11 is 0. The van der Waals surface area contributed by atoms with Crippen molar-refractivity contribution in [3.8, 4) is 11.5 Å². The van der Waals surface area contributed by atoms with Gasteiger partial charge in [0.05, 0.1) is 6.54 Å². The van der Waals surface area contributed by atoms with Crippen molar-refractivity contribution in [1.29, 1.82) is 0 Å². The third-order valence-corrected chi connectivity index (χ3v) is 2.62. The van der Waals surface area contributed by atoms with E-state index in [1.807, 2.05) is 25.1 Å². The van der Waals surface area contributed by atoms with Crippen LogP contribution >= 0.6 is 0 Å².